The fourth-order valence-corrected chi connectivity index (χ4v) is 2.19. The van der Waals surface area contributed by atoms with Gasteiger partial charge in [0, 0.05) is 17.8 Å². The molecule has 0 saturated heterocycles. The van der Waals surface area contributed by atoms with Gasteiger partial charge in [0.05, 0.1) is 24.0 Å². The minimum Gasteiger partial charge on any atom is -0.395 e. The zero-order valence-electron chi connectivity index (χ0n) is 11.8. The number of nitrogens with one attached hydrogen (secondary N) is 1. The van der Waals surface area contributed by atoms with Gasteiger partial charge in [-0.3, -0.25) is 0 Å². The summed E-state index contributed by atoms with van der Waals surface area (Å²) < 4.78 is 1.87. The Morgan fingerprint density at radius 1 is 1.50 bits per heavy atom. The number of aliphatic hydroxyl groups excluding tert-OH is 1. The molecule has 6 heteroatoms. The predicted octanol–water partition coefficient (Wildman–Crippen LogP) is 1.24. The first-order valence-electron chi connectivity index (χ1n) is 6.17. The van der Waals surface area contributed by atoms with Crippen LogP contribution in [0, 0.1) is 0 Å². The van der Waals surface area contributed by atoms with Crippen LogP contribution in [-0.2, 0) is 12.1 Å². The van der Waals surface area contributed by atoms with Crippen LogP contribution < -0.4 is 5.32 Å². The molecule has 18 heavy (non-hydrogen) atoms. The third-order valence-corrected chi connectivity index (χ3v) is 4.04. The average molecular weight is 272 g/mol. The summed E-state index contributed by atoms with van der Waals surface area (Å²) in [4.78, 5) is 0. The number of thioether (sulfide) groups is 1. The summed E-state index contributed by atoms with van der Waals surface area (Å²) in [6.07, 6.45) is 3.97. The van der Waals surface area contributed by atoms with Crippen molar-refractivity contribution in [2.24, 2.45) is 0 Å². The first-order valence-corrected chi connectivity index (χ1v) is 7.46. The number of hydrogen-bond donors (Lipinski definition) is 2. The molecule has 0 saturated carbocycles. The molecule has 1 rings (SSSR count). The van der Waals surface area contributed by atoms with Crippen LogP contribution in [0.5, 0.6) is 0 Å². The van der Waals surface area contributed by atoms with E-state index in [4.69, 9.17) is 0 Å². The standard InChI is InChI=1S/C12H24N4OS/c1-9(11(8-17)18-5)13-6-10-7-16(15-14-10)12(2,3)4/h7,9,11,13,17H,6,8H2,1-5H3. The smallest absolute Gasteiger partial charge is 0.0965 e. The first kappa shape index (κ1) is 15.5. The number of rotatable bonds is 6. The fourth-order valence-electron chi connectivity index (χ4n) is 1.54. The lowest BCUT2D eigenvalue weighted by Crippen LogP contribution is -2.37. The highest BCUT2D eigenvalue weighted by molar-refractivity contribution is 7.99. The van der Waals surface area contributed by atoms with E-state index in [9.17, 15) is 5.11 Å². The minimum atomic E-state index is -0.0379. The van der Waals surface area contributed by atoms with Crippen molar-refractivity contribution in [3.63, 3.8) is 0 Å². The second-order valence-corrected chi connectivity index (χ2v) is 6.53. The maximum atomic E-state index is 9.21. The van der Waals surface area contributed by atoms with Gasteiger partial charge in [-0.1, -0.05) is 5.21 Å². The maximum Gasteiger partial charge on any atom is 0.0965 e. The minimum absolute atomic E-state index is 0.0379. The van der Waals surface area contributed by atoms with Crippen molar-refractivity contribution in [2.75, 3.05) is 12.9 Å². The Bertz CT molecular complexity index is 357. The second kappa shape index (κ2) is 6.54. The van der Waals surface area contributed by atoms with Crippen LogP contribution in [0.4, 0.5) is 0 Å². The lowest BCUT2D eigenvalue weighted by Gasteiger charge is -2.20. The Labute approximate surface area is 113 Å². The molecule has 0 aliphatic heterocycles. The van der Waals surface area contributed by atoms with Gasteiger partial charge in [-0.2, -0.15) is 11.8 Å². The zero-order chi connectivity index (χ0) is 13.8. The summed E-state index contributed by atoms with van der Waals surface area (Å²) in [5, 5.41) is 21.1. The molecule has 2 atom stereocenters. The monoisotopic (exact) mass is 272 g/mol. The van der Waals surface area contributed by atoms with Gasteiger partial charge in [-0.25, -0.2) is 4.68 Å². The molecule has 0 amide bonds. The molecule has 0 spiro atoms. The number of nitrogens with zero attached hydrogens (tertiary/aromatic N) is 3. The highest BCUT2D eigenvalue weighted by Gasteiger charge is 2.17. The molecule has 0 fully saturated rings. The number of hydrogen-bond acceptors (Lipinski definition) is 5. The molecule has 1 aromatic rings. The lowest BCUT2D eigenvalue weighted by atomic mass is 10.1. The van der Waals surface area contributed by atoms with Gasteiger partial charge in [0.2, 0.25) is 0 Å². The van der Waals surface area contributed by atoms with Crippen LogP contribution in [0.1, 0.15) is 33.4 Å². The van der Waals surface area contributed by atoms with Crippen LogP contribution in [0.15, 0.2) is 6.20 Å². The molecular weight excluding hydrogens is 248 g/mol. The zero-order valence-corrected chi connectivity index (χ0v) is 12.7. The van der Waals surface area contributed by atoms with E-state index in [1.54, 1.807) is 11.8 Å². The van der Waals surface area contributed by atoms with Crippen molar-refractivity contribution in [1.82, 2.24) is 20.3 Å². The van der Waals surface area contributed by atoms with Crippen LogP contribution in [0.3, 0.4) is 0 Å². The lowest BCUT2D eigenvalue weighted by molar-refractivity contribution is 0.275. The third-order valence-electron chi connectivity index (χ3n) is 2.87. The third kappa shape index (κ3) is 4.26. The van der Waals surface area contributed by atoms with Crippen molar-refractivity contribution in [1.29, 1.82) is 0 Å². The van der Waals surface area contributed by atoms with Crippen LogP contribution in [0.25, 0.3) is 0 Å². The number of aromatic nitrogens is 3. The Morgan fingerprint density at radius 3 is 2.61 bits per heavy atom. The fraction of sp³-hybridized carbons (Fsp3) is 0.833. The van der Waals surface area contributed by atoms with Crippen molar-refractivity contribution < 1.29 is 5.11 Å². The molecule has 0 aliphatic carbocycles. The molecule has 0 bridgehead atoms. The van der Waals surface area contributed by atoms with E-state index in [1.165, 1.54) is 0 Å². The summed E-state index contributed by atoms with van der Waals surface area (Å²) >= 11 is 1.67. The Hall–Kier alpha value is -0.590. The maximum absolute atomic E-state index is 9.21. The molecule has 1 heterocycles. The molecule has 0 aliphatic rings. The topological polar surface area (TPSA) is 63.0 Å². The Morgan fingerprint density at radius 2 is 2.17 bits per heavy atom. The van der Waals surface area contributed by atoms with Crippen molar-refractivity contribution >= 4 is 11.8 Å². The number of aliphatic hydroxyl groups is 1. The SMILES string of the molecule is CSC(CO)C(C)NCc1cn(C(C)(C)C)nn1. The summed E-state index contributed by atoms with van der Waals surface area (Å²) in [6.45, 7) is 9.22. The predicted molar refractivity (Wildman–Crippen MR) is 75.7 cm³/mol. The van der Waals surface area contributed by atoms with Gasteiger partial charge in [-0.15, -0.1) is 5.10 Å². The molecule has 0 aromatic carbocycles. The van der Waals surface area contributed by atoms with E-state index < -0.39 is 0 Å². The van der Waals surface area contributed by atoms with Gasteiger partial charge in [0.1, 0.15) is 0 Å². The molecule has 5 nitrogen and oxygen atoms in total. The first-order chi connectivity index (χ1) is 8.38. The molecule has 2 N–H and O–H groups in total. The molecular formula is C12H24N4OS. The molecule has 104 valence electrons. The van der Waals surface area contributed by atoms with Crippen LogP contribution >= 0.6 is 11.8 Å². The summed E-state index contributed by atoms with van der Waals surface area (Å²) in [5.74, 6) is 0. The highest BCUT2D eigenvalue weighted by Crippen LogP contribution is 2.13. The molecule has 1 aromatic heterocycles. The normalized spacial score (nSPS) is 15.7. The van der Waals surface area contributed by atoms with Crippen molar-refractivity contribution in [3.8, 4) is 0 Å². The molecule has 2 unspecified atom stereocenters. The van der Waals surface area contributed by atoms with Gasteiger partial charge in [-0.05, 0) is 34.0 Å². The van der Waals surface area contributed by atoms with E-state index in [0.717, 1.165) is 5.69 Å². The quantitative estimate of drug-likeness (QED) is 0.815. The van der Waals surface area contributed by atoms with Gasteiger partial charge >= 0.3 is 0 Å². The van der Waals surface area contributed by atoms with Crippen LogP contribution in [-0.4, -0.2) is 44.3 Å². The Kier molecular flexibility index (Phi) is 5.62. The molecule has 0 radical (unpaired) electrons. The van der Waals surface area contributed by atoms with E-state index in [-0.39, 0.29) is 23.4 Å². The average Bonchev–Trinajstić information content (AvgIpc) is 2.76. The summed E-state index contributed by atoms with van der Waals surface area (Å²) in [5.41, 5.74) is 0.888. The highest BCUT2D eigenvalue weighted by atomic mass is 32.2. The van der Waals surface area contributed by atoms with E-state index in [2.05, 4.69) is 43.3 Å². The van der Waals surface area contributed by atoms with Crippen molar-refractivity contribution in [3.05, 3.63) is 11.9 Å². The summed E-state index contributed by atoms with van der Waals surface area (Å²) in [6, 6.07) is 0.241. The van der Waals surface area contributed by atoms with Gasteiger partial charge < -0.3 is 10.4 Å². The van der Waals surface area contributed by atoms with Crippen LogP contribution in [0.2, 0.25) is 0 Å². The van der Waals surface area contributed by atoms with Gasteiger partial charge in [0.15, 0.2) is 0 Å². The Balaban J connectivity index is 2.51. The van der Waals surface area contributed by atoms with E-state index in [1.807, 2.05) is 17.1 Å². The second-order valence-electron chi connectivity index (χ2n) is 5.45. The van der Waals surface area contributed by atoms with Crippen molar-refractivity contribution in [2.45, 2.75) is 51.1 Å². The van der Waals surface area contributed by atoms with E-state index in [0.29, 0.717) is 6.54 Å². The summed E-state index contributed by atoms with van der Waals surface area (Å²) in [7, 11) is 0. The van der Waals surface area contributed by atoms with E-state index >= 15 is 0 Å². The largest absolute Gasteiger partial charge is 0.395 e. The van der Waals surface area contributed by atoms with Gasteiger partial charge in [0.25, 0.3) is 0 Å².